The normalized spacial score (nSPS) is 12.3. The van der Waals surface area contributed by atoms with Crippen molar-refractivity contribution in [1.82, 2.24) is 13.7 Å². The molecule has 0 N–H and O–H groups in total. The molecule has 0 saturated heterocycles. The Balaban J connectivity index is 1.11. The Morgan fingerprint density at radius 3 is 1.73 bits per heavy atom. The lowest BCUT2D eigenvalue weighted by molar-refractivity contribution is 0.475. The quantitative estimate of drug-likeness (QED) is 0.174. The fraction of sp³-hybridized carbons (Fsp3) is 0.0690. The van der Waals surface area contributed by atoms with Crippen molar-refractivity contribution in [3.05, 3.63) is 198 Å². The van der Waals surface area contributed by atoms with Crippen LogP contribution in [0, 0.1) is 27.7 Å². The van der Waals surface area contributed by atoms with E-state index in [1.165, 1.54) is 110 Å². The summed E-state index contributed by atoms with van der Waals surface area (Å²) in [5.74, 6) is 1.80. The summed E-state index contributed by atoms with van der Waals surface area (Å²) in [6.45, 7) is 8.62. The molecule has 3 aromatic heterocycles. The van der Waals surface area contributed by atoms with Gasteiger partial charge in [0.1, 0.15) is 0 Å². The van der Waals surface area contributed by atoms with Crippen LogP contribution in [0.3, 0.4) is 0 Å². The monoisotopic (exact) mass is 795 g/mol. The molecule has 0 atom stereocenters. The van der Waals surface area contributed by atoms with E-state index in [1.807, 2.05) is 0 Å². The third-order valence-corrected chi connectivity index (χ3v) is 13.2. The fourth-order valence-corrected chi connectivity index (χ4v) is 10.4. The van der Waals surface area contributed by atoms with Crippen molar-refractivity contribution in [2.45, 2.75) is 27.7 Å². The Morgan fingerprint density at radius 1 is 0.323 bits per heavy atom. The van der Waals surface area contributed by atoms with Crippen LogP contribution in [0.2, 0.25) is 0 Å². The predicted octanol–water partition coefficient (Wildman–Crippen LogP) is 15.7. The van der Waals surface area contributed by atoms with E-state index in [2.05, 4.69) is 217 Å². The van der Waals surface area contributed by atoms with Crippen molar-refractivity contribution >= 4 is 65.4 Å². The Bertz CT molecular complexity index is 3860. The number of benzene rings is 9. The highest BCUT2D eigenvalue weighted by molar-refractivity contribution is 6.18. The second-order valence-electron chi connectivity index (χ2n) is 17.3. The fourth-order valence-electron chi connectivity index (χ4n) is 10.4. The zero-order chi connectivity index (χ0) is 41.4. The highest BCUT2D eigenvalue weighted by Crippen LogP contribution is 2.48. The summed E-state index contributed by atoms with van der Waals surface area (Å²) < 4.78 is 13.9. The van der Waals surface area contributed by atoms with Crippen LogP contribution in [-0.4, -0.2) is 13.7 Å². The standard InChI is InChI=1S/C58H41N3O/c1-34-14-20-42(21-15-34)59-51-22-16-35(2)26-45(51)46-31-39(19-25-52(46)59)44-32-40(33-49-43-12-8-9-13-50(43)60(57(44)49)41-10-6-5-7-11-41)38-18-24-53-47(30-38)48-27-37(4)29-56-58(48)61(53)54-23-17-36(3)28-55(54)62-56/h5-33H,1-4H3. The van der Waals surface area contributed by atoms with Gasteiger partial charge in [-0.05, 0) is 159 Å². The molecular formula is C58H41N3O. The Kier molecular flexibility index (Phi) is 7.25. The summed E-state index contributed by atoms with van der Waals surface area (Å²) in [6, 6.07) is 65.4. The summed E-state index contributed by atoms with van der Waals surface area (Å²) >= 11 is 0. The van der Waals surface area contributed by atoms with E-state index in [9.17, 15) is 0 Å². The molecule has 62 heavy (non-hydrogen) atoms. The van der Waals surface area contributed by atoms with Crippen LogP contribution in [0.25, 0.3) is 105 Å². The Hall–Kier alpha value is -7.82. The molecule has 0 aliphatic carbocycles. The van der Waals surface area contributed by atoms with Gasteiger partial charge in [-0.15, -0.1) is 0 Å². The molecule has 12 aromatic rings. The van der Waals surface area contributed by atoms with Crippen LogP contribution >= 0.6 is 0 Å². The maximum Gasteiger partial charge on any atom is 0.152 e. The first-order chi connectivity index (χ1) is 30.4. The molecule has 0 unspecified atom stereocenters. The number of ether oxygens (including phenoxy) is 1. The average molecular weight is 796 g/mol. The van der Waals surface area contributed by atoms with Crippen LogP contribution in [0.15, 0.2) is 176 Å². The smallest absolute Gasteiger partial charge is 0.152 e. The molecule has 0 saturated carbocycles. The number of hydrogen-bond donors (Lipinski definition) is 0. The first kappa shape index (κ1) is 35.0. The number of hydrogen-bond acceptors (Lipinski definition) is 1. The highest BCUT2D eigenvalue weighted by atomic mass is 16.5. The van der Waals surface area contributed by atoms with E-state index in [0.29, 0.717) is 0 Å². The van der Waals surface area contributed by atoms with Gasteiger partial charge in [-0.3, -0.25) is 0 Å². The number of fused-ring (bicyclic) bond motifs is 11. The minimum absolute atomic E-state index is 0.894. The molecule has 0 bridgehead atoms. The minimum Gasteiger partial charge on any atom is -0.453 e. The maximum absolute atomic E-state index is 6.62. The van der Waals surface area contributed by atoms with Gasteiger partial charge in [0.25, 0.3) is 0 Å². The molecule has 9 aromatic carbocycles. The lowest BCUT2D eigenvalue weighted by Gasteiger charge is -2.21. The molecule has 4 heteroatoms. The van der Waals surface area contributed by atoms with Gasteiger partial charge in [0, 0.05) is 49.3 Å². The highest BCUT2D eigenvalue weighted by Gasteiger charge is 2.26. The molecule has 4 nitrogen and oxygen atoms in total. The maximum atomic E-state index is 6.62. The van der Waals surface area contributed by atoms with E-state index < -0.39 is 0 Å². The van der Waals surface area contributed by atoms with Crippen molar-refractivity contribution in [2.24, 2.45) is 0 Å². The van der Waals surface area contributed by atoms with Crippen molar-refractivity contribution < 1.29 is 4.74 Å². The van der Waals surface area contributed by atoms with E-state index in [4.69, 9.17) is 4.74 Å². The number of para-hydroxylation sites is 2. The number of aromatic nitrogens is 3. The summed E-state index contributed by atoms with van der Waals surface area (Å²) in [5, 5.41) is 7.38. The van der Waals surface area contributed by atoms with Crippen LogP contribution in [0.4, 0.5) is 0 Å². The topological polar surface area (TPSA) is 24.0 Å². The van der Waals surface area contributed by atoms with Gasteiger partial charge in [-0.25, -0.2) is 0 Å². The van der Waals surface area contributed by atoms with Gasteiger partial charge in [-0.1, -0.05) is 83.9 Å². The predicted molar refractivity (Wildman–Crippen MR) is 259 cm³/mol. The van der Waals surface area contributed by atoms with Gasteiger partial charge < -0.3 is 18.4 Å². The average Bonchev–Trinajstić information content (AvgIpc) is 3.92. The molecule has 0 fully saturated rings. The van der Waals surface area contributed by atoms with Gasteiger partial charge in [0.05, 0.1) is 38.8 Å². The lowest BCUT2D eigenvalue weighted by atomic mass is 9.94. The third-order valence-electron chi connectivity index (χ3n) is 13.2. The van der Waals surface area contributed by atoms with Gasteiger partial charge in [0.2, 0.25) is 0 Å². The van der Waals surface area contributed by atoms with E-state index in [-0.39, 0.29) is 0 Å². The van der Waals surface area contributed by atoms with E-state index >= 15 is 0 Å². The van der Waals surface area contributed by atoms with Crippen molar-refractivity contribution in [3.63, 3.8) is 0 Å². The molecule has 0 radical (unpaired) electrons. The zero-order valence-corrected chi connectivity index (χ0v) is 35.0. The molecule has 13 rings (SSSR count). The number of aryl methyl sites for hydroxylation is 4. The van der Waals surface area contributed by atoms with Gasteiger partial charge in [-0.2, -0.15) is 0 Å². The molecule has 0 amide bonds. The first-order valence-electron chi connectivity index (χ1n) is 21.5. The van der Waals surface area contributed by atoms with Crippen molar-refractivity contribution in [2.75, 3.05) is 0 Å². The van der Waals surface area contributed by atoms with Gasteiger partial charge in [0.15, 0.2) is 11.5 Å². The number of nitrogens with zero attached hydrogens (tertiary/aromatic N) is 3. The molecule has 294 valence electrons. The summed E-state index contributed by atoms with van der Waals surface area (Å²) in [7, 11) is 0. The van der Waals surface area contributed by atoms with Crippen molar-refractivity contribution in [3.8, 4) is 50.8 Å². The molecule has 4 heterocycles. The third kappa shape index (κ3) is 5.01. The SMILES string of the molecule is Cc1ccc(-n2c3ccc(C)cc3c3cc(-c4cc(-c5ccc6c(c5)c5cc(C)cc7c5n6-c5ccc(C)cc5O7)cc5c6ccccc6n(-c6ccccc6)c45)ccc32)cc1. The molecule has 1 aliphatic heterocycles. The molecule has 1 aliphatic rings. The van der Waals surface area contributed by atoms with Crippen molar-refractivity contribution in [1.29, 1.82) is 0 Å². The zero-order valence-electron chi connectivity index (χ0n) is 35.0. The second-order valence-corrected chi connectivity index (χ2v) is 17.3. The minimum atomic E-state index is 0.894. The lowest BCUT2D eigenvalue weighted by Crippen LogP contribution is -2.04. The molecule has 0 spiro atoms. The summed E-state index contributed by atoms with van der Waals surface area (Å²) in [4.78, 5) is 0. The largest absolute Gasteiger partial charge is 0.453 e. The summed E-state index contributed by atoms with van der Waals surface area (Å²) in [5.41, 5.74) is 20.1. The van der Waals surface area contributed by atoms with E-state index in [1.54, 1.807) is 0 Å². The Labute approximate surface area is 359 Å². The molecular weight excluding hydrogens is 755 g/mol. The summed E-state index contributed by atoms with van der Waals surface area (Å²) in [6.07, 6.45) is 0. The number of rotatable bonds is 4. The van der Waals surface area contributed by atoms with E-state index in [0.717, 1.165) is 28.4 Å². The van der Waals surface area contributed by atoms with Crippen LogP contribution in [-0.2, 0) is 0 Å². The van der Waals surface area contributed by atoms with Crippen LogP contribution < -0.4 is 4.74 Å². The van der Waals surface area contributed by atoms with Crippen LogP contribution in [0.5, 0.6) is 11.5 Å². The van der Waals surface area contributed by atoms with Crippen LogP contribution in [0.1, 0.15) is 22.3 Å². The van der Waals surface area contributed by atoms with Gasteiger partial charge >= 0.3 is 0 Å². The Morgan fingerprint density at radius 2 is 0.887 bits per heavy atom. The second kappa shape index (κ2) is 12.8. The first-order valence-corrected chi connectivity index (χ1v) is 21.5.